The van der Waals surface area contributed by atoms with Crippen molar-refractivity contribution in [1.82, 2.24) is 0 Å². The van der Waals surface area contributed by atoms with Crippen LogP contribution in [0.3, 0.4) is 0 Å². The lowest BCUT2D eigenvalue weighted by atomic mass is 10.2. The van der Waals surface area contributed by atoms with Crippen LogP contribution in [0.25, 0.3) is 0 Å². The number of nitrogens with one attached hydrogen (secondary N) is 1. The average Bonchev–Trinajstić information content (AvgIpc) is 2.80. The molecular formula is C14H15F2NO. The molecule has 2 aromatic rings. The molecule has 0 fully saturated rings. The Morgan fingerprint density at radius 3 is 2.50 bits per heavy atom. The molecule has 18 heavy (non-hydrogen) atoms. The molecular weight excluding hydrogens is 236 g/mol. The van der Waals surface area contributed by atoms with E-state index >= 15 is 0 Å². The molecule has 0 amide bonds. The summed E-state index contributed by atoms with van der Waals surface area (Å²) in [6, 6.07) is 6.04. The second kappa shape index (κ2) is 5.21. The molecule has 2 rings (SSSR count). The summed E-state index contributed by atoms with van der Waals surface area (Å²) >= 11 is 0. The maximum atomic E-state index is 13.5. The summed E-state index contributed by atoms with van der Waals surface area (Å²) in [5, 5.41) is 2.83. The standard InChI is InChI=1S/C14H15F2NO/c1-3-10-4-5-11(18-10)8-17-14-7-12(15)9(2)6-13(14)16/h4-7,17H,3,8H2,1-2H3. The summed E-state index contributed by atoms with van der Waals surface area (Å²) in [4.78, 5) is 0. The van der Waals surface area contributed by atoms with E-state index in [-0.39, 0.29) is 5.69 Å². The van der Waals surface area contributed by atoms with Gasteiger partial charge in [0, 0.05) is 12.5 Å². The number of furan rings is 1. The van der Waals surface area contributed by atoms with Crippen LogP contribution >= 0.6 is 0 Å². The first kappa shape index (κ1) is 12.6. The lowest BCUT2D eigenvalue weighted by molar-refractivity contribution is 0.475. The Morgan fingerprint density at radius 2 is 1.83 bits per heavy atom. The molecule has 2 nitrogen and oxygen atoms in total. The monoisotopic (exact) mass is 251 g/mol. The predicted molar refractivity (Wildman–Crippen MR) is 66.5 cm³/mol. The molecule has 0 spiro atoms. The SMILES string of the molecule is CCc1ccc(CNc2cc(F)c(C)cc2F)o1. The molecule has 1 aromatic carbocycles. The molecule has 0 aliphatic rings. The van der Waals surface area contributed by atoms with Crippen LogP contribution in [0.4, 0.5) is 14.5 Å². The van der Waals surface area contributed by atoms with Gasteiger partial charge in [-0.3, -0.25) is 0 Å². The van der Waals surface area contributed by atoms with Gasteiger partial charge in [-0.25, -0.2) is 8.78 Å². The van der Waals surface area contributed by atoms with Gasteiger partial charge >= 0.3 is 0 Å². The van der Waals surface area contributed by atoms with Crippen molar-refractivity contribution in [1.29, 1.82) is 0 Å². The fourth-order valence-electron chi connectivity index (χ4n) is 1.67. The molecule has 1 aromatic heterocycles. The molecule has 96 valence electrons. The highest BCUT2D eigenvalue weighted by molar-refractivity contribution is 5.47. The zero-order valence-electron chi connectivity index (χ0n) is 10.4. The van der Waals surface area contributed by atoms with Gasteiger partial charge in [0.15, 0.2) is 0 Å². The van der Waals surface area contributed by atoms with Crippen LogP contribution in [0.15, 0.2) is 28.7 Å². The summed E-state index contributed by atoms with van der Waals surface area (Å²) in [6.07, 6.45) is 0.813. The Labute approximate surface area is 105 Å². The van der Waals surface area contributed by atoms with Crippen LogP contribution in [0.1, 0.15) is 24.0 Å². The summed E-state index contributed by atoms with van der Waals surface area (Å²) in [6.45, 7) is 3.85. The number of aryl methyl sites for hydroxylation is 2. The normalized spacial score (nSPS) is 10.7. The molecule has 4 heteroatoms. The molecule has 0 bridgehead atoms. The third-order valence-electron chi connectivity index (χ3n) is 2.77. The largest absolute Gasteiger partial charge is 0.464 e. The number of anilines is 1. The van der Waals surface area contributed by atoms with Gasteiger partial charge in [0.05, 0.1) is 12.2 Å². The first-order chi connectivity index (χ1) is 8.60. The van der Waals surface area contributed by atoms with Crippen LogP contribution in [0.2, 0.25) is 0 Å². The number of hydrogen-bond donors (Lipinski definition) is 1. The molecule has 0 unspecified atom stereocenters. The zero-order chi connectivity index (χ0) is 13.1. The van der Waals surface area contributed by atoms with Crippen molar-refractivity contribution in [2.45, 2.75) is 26.8 Å². The van der Waals surface area contributed by atoms with E-state index in [9.17, 15) is 8.78 Å². The zero-order valence-corrected chi connectivity index (χ0v) is 10.4. The second-order valence-corrected chi connectivity index (χ2v) is 4.16. The van der Waals surface area contributed by atoms with Gasteiger partial charge in [-0.2, -0.15) is 0 Å². The first-order valence-electron chi connectivity index (χ1n) is 5.87. The Bertz CT molecular complexity index is 549. The van der Waals surface area contributed by atoms with Crippen molar-refractivity contribution < 1.29 is 13.2 Å². The van der Waals surface area contributed by atoms with Gasteiger partial charge in [0.25, 0.3) is 0 Å². The highest BCUT2D eigenvalue weighted by Crippen LogP contribution is 2.20. The lowest BCUT2D eigenvalue weighted by Gasteiger charge is -2.07. The van der Waals surface area contributed by atoms with Crippen LogP contribution in [-0.2, 0) is 13.0 Å². The van der Waals surface area contributed by atoms with E-state index in [4.69, 9.17) is 4.42 Å². The number of benzene rings is 1. The van der Waals surface area contributed by atoms with E-state index in [2.05, 4.69) is 5.32 Å². The minimum absolute atomic E-state index is 0.146. The highest BCUT2D eigenvalue weighted by atomic mass is 19.1. The van der Waals surface area contributed by atoms with Crippen molar-refractivity contribution in [2.75, 3.05) is 5.32 Å². The van der Waals surface area contributed by atoms with Crippen molar-refractivity contribution in [3.8, 4) is 0 Å². The fraction of sp³-hybridized carbons (Fsp3) is 0.286. The second-order valence-electron chi connectivity index (χ2n) is 4.16. The Hall–Kier alpha value is -1.84. The van der Waals surface area contributed by atoms with E-state index in [1.54, 1.807) is 0 Å². The fourth-order valence-corrected chi connectivity index (χ4v) is 1.67. The topological polar surface area (TPSA) is 25.2 Å². The van der Waals surface area contributed by atoms with Crippen molar-refractivity contribution in [3.05, 3.63) is 53.0 Å². The predicted octanol–water partition coefficient (Wildman–Crippen LogP) is 4.04. The van der Waals surface area contributed by atoms with Crippen LogP contribution in [0.5, 0.6) is 0 Å². The highest BCUT2D eigenvalue weighted by Gasteiger charge is 2.08. The maximum absolute atomic E-state index is 13.5. The summed E-state index contributed by atoms with van der Waals surface area (Å²) in [5.74, 6) is 0.693. The van der Waals surface area contributed by atoms with Gasteiger partial charge < -0.3 is 9.73 Å². The number of hydrogen-bond acceptors (Lipinski definition) is 2. The van der Waals surface area contributed by atoms with Crippen LogP contribution in [-0.4, -0.2) is 0 Å². The Balaban J connectivity index is 2.08. The molecule has 0 aliphatic carbocycles. The van der Waals surface area contributed by atoms with Crippen molar-refractivity contribution in [2.24, 2.45) is 0 Å². The van der Waals surface area contributed by atoms with Gasteiger partial charge in [0.1, 0.15) is 23.2 Å². The number of rotatable bonds is 4. The molecule has 0 atom stereocenters. The third-order valence-corrected chi connectivity index (χ3v) is 2.77. The van der Waals surface area contributed by atoms with E-state index in [1.165, 1.54) is 13.0 Å². The van der Waals surface area contributed by atoms with Crippen LogP contribution < -0.4 is 5.32 Å². The van der Waals surface area contributed by atoms with Crippen LogP contribution in [0, 0.1) is 18.6 Å². The Morgan fingerprint density at radius 1 is 1.11 bits per heavy atom. The molecule has 0 saturated heterocycles. The van der Waals surface area contributed by atoms with Crippen molar-refractivity contribution in [3.63, 3.8) is 0 Å². The summed E-state index contributed by atoms with van der Waals surface area (Å²) in [7, 11) is 0. The molecule has 1 N–H and O–H groups in total. The van der Waals surface area contributed by atoms with E-state index in [0.717, 1.165) is 18.2 Å². The minimum atomic E-state index is -0.462. The number of halogens is 2. The molecule has 0 saturated carbocycles. The van der Waals surface area contributed by atoms with E-state index in [0.29, 0.717) is 17.9 Å². The molecule has 0 radical (unpaired) electrons. The quantitative estimate of drug-likeness (QED) is 0.887. The first-order valence-corrected chi connectivity index (χ1v) is 5.87. The summed E-state index contributed by atoms with van der Waals surface area (Å²) < 4.78 is 32.3. The average molecular weight is 251 g/mol. The minimum Gasteiger partial charge on any atom is -0.464 e. The van der Waals surface area contributed by atoms with Gasteiger partial charge in [-0.1, -0.05) is 6.92 Å². The third kappa shape index (κ3) is 2.70. The Kier molecular flexibility index (Phi) is 3.65. The van der Waals surface area contributed by atoms with Crippen molar-refractivity contribution >= 4 is 5.69 Å². The van der Waals surface area contributed by atoms with E-state index < -0.39 is 11.6 Å². The van der Waals surface area contributed by atoms with Gasteiger partial charge in [0.2, 0.25) is 0 Å². The lowest BCUT2D eigenvalue weighted by Crippen LogP contribution is -2.02. The van der Waals surface area contributed by atoms with Gasteiger partial charge in [-0.05, 0) is 30.7 Å². The maximum Gasteiger partial charge on any atom is 0.146 e. The van der Waals surface area contributed by atoms with E-state index in [1.807, 2.05) is 19.1 Å². The molecule has 0 aliphatic heterocycles. The van der Waals surface area contributed by atoms with Gasteiger partial charge in [-0.15, -0.1) is 0 Å². The summed E-state index contributed by atoms with van der Waals surface area (Å²) in [5.41, 5.74) is 0.442. The molecule has 1 heterocycles. The smallest absolute Gasteiger partial charge is 0.146 e.